The molecular formula is C20H25N3O3. The van der Waals surface area contributed by atoms with Crippen LogP contribution in [0.25, 0.3) is 0 Å². The van der Waals surface area contributed by atoms with Crippen molar-refractivity contribution in [2.45, 2.75) is 6.42 Å². The highest BCUT2D eigenvalue weighted by atomic mass is 16.5. The fraction of sp³-hybridized carbons (Fsp3) is 0.400. The van der Waals surface area contributed by atoms with Crippen molar-refractivity contribution in [3.8, 4) is 11.5 Å². The minimum Gasteiger partial charge on any atom is -0.493 e. The number of aromatic nitrogens is 1. The Morgan fingerprint density at radius 2 is 1.81 bits per heavy atom. The Morgan fingerprint density at radius 1 is 1.04 bits per heavy atom. The lowest BCUT2D eigenvalue weighted by Gasteiger charge is -2.34. The van der Waals surface area contributed by atoms with Crippen LogP contribution in [0.2, 0.25) is 0 Å². The van der Waals surface area contributed by atoms with Gasteiger partial charge in [0.15, 0.2) is 11.5 Å². The third-order valence-electron chi connectivity index (χ3n) is 4.70. The van der Waals surface area contributed by atoms with Crippen LogP contribution < -0.4 is 9.47 Å². The summed E-state index contributed by atoms with van der Waals surface area (Å²) in [5.74, 6) is 1.24. The van der Waals surface area contributed by atoms with Gasteiger partial charge in [0.05, 0.1) is 14.2 Å². The molecule has 0 saturated carbocycles. The molecule has 1 aliphatic rings. The Bertz CT molecular complexity index is 728. The fourth-order valence-corrected chi connectivity index (χ4v) is 3.15. The predicted molar refractivity (Wildman–Crippen MR) is 99.8 cm³/mol. The number of carbonyl (C=O) groups is 1. The number of benzene rings is 1. The number of hydrogen-bond donors (Lipinski definition) is 0. The standard InChI is InChI=1S/C20H25N3O3/c1-25-18-7-6-16(15-19(18)26-2)20(24)23-13-11-22(12-14-23)10-8-17-5-3-4-9-21-17/h3-7,9,15H,8,10-14H2,1-2H3. The quantitative estimate of drug-likeness (QED) is 0.794. The maximum atomic E-state index is 12.8. The van der Waals surface area contributed by atoms with Gasteiger partial charge in [-0.25, -0.2) is 0 Å². The summed E-state index contributed by atoms with van der Waals surface area (Å²) in [5, 5.41) is 0. The van der Waals surface area contributed by atoms with E-state index >= 15 is 0 Å². The molecule has 138 valence electrons. The van der Waals surface area contributed by atoms with Gasteiger partial charge in [-0.15, -0.1) is 0 Å². The van der Waals surface area contributed by atoms with Crippen molar-refractivity contribution in [1.29, 1.82) is 0 Å². The summed E-state index contributed by atoms with van der Waals surface area (Å²) < 4.78 is 10.5. The lowest BCUT2D eigenvalue weighted by atomic mass is 10.1. The largest absolute Gasteiger partial charge is 0.493 e. The van der Waals surface area contributed by atoms with Crippen molar-refractivity contribution in [2.75, 3.05) is 46.9 Å². The molecule has 0 aliphatic carbocycles. The van der Waals surface area contributed by atoms with Gasteiger partial charge in [-0.1, -0.05) is 6.07 Å². The minimum absolute atomic E-state index is 0.0373. The molecule has 2 heterocycles. The molecule has 0 radical (unpaired) electrons. The number of hydrogen-bond acceptors (Lipinski definition) is 5. The summed E-state index contributed by atoms with van der Waals surface area (Å²) >= 11 is 0. The molecule has 26 heavy (non-hydrogen) atoms. The van der Waals surface area contributed by atoms with Crippen molar-refractivity contribution in [1.82, 2.24) is 14.8 Å². The number of carbonyl (C=O) groups excluding carboxylic acids is 1. The number of methoxy groups -OCH3 is 2. The highest BCUT2D eigenvalue weighted by Gasteiger charge is 2.22. The van der Waals surface area contributed by atoms with E-state index in [0.29, 0.717) is 17.1 Å². The third kappa shape index (κ3) is 4.32. The van der Waals surface area contributed by atoms with E-state index in [1.54, 1.807) is 32.4 Å². The van der Waals surface area contributed by atoms with Crippen LogP contribution in [0.5, 0.6) is 11.5 Å². The van der Waals surface area contributed by atoms with E-state index < -0.39 is 0 Å². The van der Waals surface area contributed by atoms with E-state index in [-0.39, 0.29) is 5.91 Å². The average molecular weight is 355 g/mol. The second kappa shape index (κ2) is 8.67. The summed E-state index contributed by atoms with van der Waals surface area (Å²) in [6.07, 6.45) is 2.76. The number of amides is 1. The SMILES string of the molecule is COc1ccc(C(=O)N2CCN(CCc3ccccn3)CC2)cc1OC. The third-order valence-corrected chi connectivity index (χ3v) is 4.70. The topological polar surface area (TPSA) is 54.9 Å². The van der Waals surface area contributed by atoms with Crippen LogP contribution >= 0.6 is 0 Å². The van der Waals surface area contributed by atoms with Crippen molar-refractivity contribution >= 4 is 5.91 Å². The van der Waals surface area contributed by atoms with Crippen LogP contribution in [-0.4, -0.2) is 67.6 Å². The van der Waals surface area contributed by atoms with Gasteiger partial charge in [0, 0.05) is 56.6 Å². The molecule has 1 saturated heterocycles. The van der Waals surface area contributed by atoms with E-state index in [1.807, 2.05) is 23.2 Å². The van der Waals surface area contributed by atoms with Gasteiger partial charge < -0.3 is 14.4 Å². The Kier molecular flexibility index (Phi) is 6.07. The molecule has 3 rings (SSSR count). The molecule has 2 aromatic rings. The Hall–Kier alpha value is -2.60. The van der Waals surface area contributed by atoms with Crippen molar-refractivity contribution in [3.05, 3.63) is 53.9 Å². The van der Waals surface area contributed by atoms with Gasteiger partial charge in [-0.2, -0.15) is 0 Å². The number of piperazine rings is 1. The van der Waals surface area contributed by atoms with Gasteiger partial charge >= 0.3 is 0 Å². The minimum atomic E-state index is 0.0373. The fourth-order valence-electron chi connectivity index (χ4n) is 3.15. The molecule has 6 nitrogen and oxygen atoms in total. The molecule has 0 atom stereocenters. The van der Waals surface area contributed by atoms with Crippen LogP contribution in [0.3, 0.4) is 0 Å². The molecule has 0 N–H and O–H groups in total. The molecule has 1 aromatic heterocycles. The van der Waals surface area contributed by atoms with Crippen LogP contribution in [0.4, 0.5) is 0 Å². The van der Waals surface area contributed by atoms with Gasteiger partial charge in [-0.05, 0) is 30.3 Å². The first-order valence-electron chi connectivity index (χ1n) is 8.85. The molecule has 1 aromatic carbocycles. The van der Waals surface area contributed by atoms with E-state index in [9.17, 15) is 4.79 Å². The van der Waals surface area contributed by atoms with E-state index in [1.165, 1.54) is 0 Å². The second-order valence-electron chi connectivity index (χ2n) is 6.27. The summed E-state index contributed by atoms with van der Waals surface area (Å²) in [6, 6.07) is 11.3. The van der Waals surface area contributed by atoms with E-state index in [4.69, 9.17) is 9.47 Å². The summed E-state index contributed by atoms with van der Waals surface area (Å²) in [7, 11) is 3.16. The average Bonchev–Trinajstić information content (AvgIpc) is 2.72. The molecule has 0 bridgehead atoms. The lowest BCUT2D eigenvalue weighted by molar-refractivity contribution is 0.0638. The Balaban J connectivity index is 1.53. The zero-order valence-electron chi connectivity index (χ0n) is 15.4. The van der Waals surface area contributed by atoms with Gasteiger partial charge in [0.2, 0.25) is 0 Å². The van der Waals surface area contributed by atoms with Crippen LogP contribution in [-0.2, 0) is 6.42 Å². The maximum Gasteiger partial charge on any atom is 0.254 e. The monoisotopic (exact) mass is 355 g/mol. The summed E-state index contributed by atoms with van der Waals surface area (Å²) in [4.78, 5) is 21.4. The smallest absolute Gasteiger partial charge is 0.254 e. The molecule has 0 spiro atoms. The molecule has 1 aliphatic heterocycles. The molecular weight excluding hydrogens is 330 g/mol. The number of nitrogens with zero attached hydrogens (tertiary/aromatic N) is 3. The summed E-state index contributed by atoms with van der Waals surface area (Å²) in [6.45, 7) is 4.19. The highest BCUT2D eigenvalue weighted by molar-refractivity contribution is 5.95. The highest BCUT2D eigenvalue weighted by Crippen LogP contribution is 2.28. The van der Waals surface area contributed by atoms with E-state index in [0.717, 1.165) is 44.8 Å². The normalized spacial score (nSPS) is 14.9. The molecule has 0 unspecified atom stereocenters. The zero-order valence-corrected chi connectivity index (χ0v) is 15.4. The first kappa shape index (κ1) is 18.2. The van der Waals surface area contributed by atoms with Crippen LogP contribution in [0, 0.1) is 0 Å². The number of pyridine rings is 1. The first-order chi connectivity index (χ1) is 12.7. The maximum absolute atomic E-state index is 12.8. The van der Waals surface area contributed by atoms with Crippen molar-refractivity contribution < 1.29 is 14.3 Å². The Morgan fingerprint density at radius 3 is 2.46 bits per heavy atom. The van der Waals surface area contributed by atoms with Crippen LogP contribution in [0.15, 0.2) is 42.6 Å². The molecule has 6 heteroatoms. The Labute approximate surface area is 154 Å². The number of rotatable bonds is 6. The first-order valence-corrected chi connectivity index (χ1v) is 8.85. The number of ether oxygens (including phenoxy) is 2. The van der Waals surface area contributed by atoms with Crippen LogP contribution in [0.1, 0.15) is 16.1 Å². The van der Waals surface area contributed by atoms with E-state index in [2.05, 4.69) is 16.0 Å². The van der Waals surface area contributed by atoms with Crippen molar-refractivity contribution in [2.24, 2.45) is 0 Å². The van der Waals surface area contributed by atoms with Gasteiger partial charge in [0.1, 0.15) is 0 Å². The van der Waals surface area contributed by atoms with Crippen molar-refractivity contribution in [3.63, 3.8) is 0 Å². The second-order valence-corrected chi connectivity index (χ2v) is 6.27. The lowest BCUT2D eigenvalue weighted by Crippen LogP contribution is -2.49. The van der Waals surface area contributed by atoms with Gasteiger partial charge in [0.25, 0.3) is 5.91 Å². The predicted octanol–water partition coefficient (Wildman–Crippen LogP) is 2.10. The zero-order chi connectivity index (χ0) is 18.4. The molecule has 1 amide bonds. The molecule has 1 fully saturated rings. The van der Waals surface area contributed by atoms with Gasteiger partial charge in [-0.3, -0.25) is 14.7 Å². The summed E-state index contributed by atoms with van der Waals surface area (Å²) in [5.41, 5.74) is 1.74.